The zero-order valence-electron chi connectivity index (χ0n) is 11.1. The van der Waals surface area contributed by atoms with E-state index in [2.05, 4.69) is 9.71 Å². The summed E-state index contributed by atoms with van der Waals surface area (Å²) in [7, 11) is -3.40. The van der Waals surface area contributed by atoms with E-state index in [0.29, 0.717) is 17.9 Å². The number of sulfonamides is 1. The van der Waals surface area contributed by atoms with Crippen molar-refractivity contribution in [2.24, 2.45) is 0 Å². The molecule has 2 aromatic rings. The maximum atomic E-state index is 12.0. The Morgan fingerprint density at radius 3 is 2.42 bits per heavy atom. The van der Waals surface area contributed by atoms with E-state index in [1.807, 2.05) is 19.9 Å². The second-order valence-electron chi connectivity index (χ2n) is 4.56. The van der Waals surface area contributed by atoms with Crippen molar-refractivity contribution >= 4 is 10.0 Å². The summed E-state index contributed by atoms with van der Waals surface area (Å²) in [6.07, 6.45) is 0.683. The molecule has 0 saturated heterocycles. The smallest absolute Gasteiger partial charge is 0.240 e. The lowest BCUT2D eigenvalue weighted by molar-refractivity contribution is 0.581. The highest BCUT2D eigenvalue weighted by Crippen LogP contribution is 2.11. The van der Waals surface area contributed by atoms with Crippen LogP contribution in [0.4, 0.5) is 0 Å². The number of H-pyrrole nitrogens is 1. The van der Waals surface area contributed by atoms with E-state index >= 15 is 0 Å². The third-order valence-corrected chi connectivity index (χ3v) is 4.47. The van der Waals surface area contributed by atoms with Crippen molar-refractivity contribution in [2.45, 2.75) is 25.2 Å². The van der Waals surface area contributed by atoms with Gasteiger partial charge in [0.05, 0.1) is 4.90 Å². The van der Waals surface area contributed by atoms with Gasteiger partial charge in [-0.2, -0.15) is 0 Å². The molecule has 0 aliphatic heterocycles. The Hall–Kier alpha value is -1.59. The van der Waals surface area contributed by atoms with Crippen molar-refractivity contribution in [2.75, 3.05) is 6.54 Å². The summed E-state index contributed by atoms with van der Waals surface area (Å²) in [6.45, 7) is 4.38. The molecule has 0 saturated carbocycles. The Balaban J connectivity index is 1.98. The number of hydrogen-bond acceptors (Lipinski definition) is 2. The Bertz CT molecular complexity index is 645. The summed E-state index contributed by atoms with van der Waals surface area (Å²) < 4.78 is 26.6. The van der Waals surface area contributed by atoms with E-state index in [9.17, 15) is 8.42 Å². The number of aryl methyl sites for hydroxylation is 2. The van der Waals surface area contributed by atoms with Crippen molar-refractivity contribution in [1.82, 2.24) is 9.71 Å². The number of aromatic amines is 1. The average molecular weight is 278 g/mol. The fraction of sp³-hybridized carbons (Fsp3) is 0.286. The molecule has 0 spiro atoms. The van der Waals surface area contributed by atoms with Crippen molar-refractivity contribution in [1.29, 1.82) is 0 Å². The maximum absolute atomic E-state index is 12.0. The van der Waals surface area contributed by atoms with Gasteiger partial charge in [-0.05, 0) is 44.0 Å². The molecule has 2 rings (SSSR count). The fourth-order valence-corrected chi connectivity index (χ4v) is 3.10. The molecule has 1 heterocycles. The van der Waals surface area contributed by atoms with Gasteiger partial charge < -0.3 is 4.98 Å². The van der Waals surface area contributed by atoms with Gasteiger partial charge >= 0.3 is 0 Å². The van der Waals surface area contributed by atoms with Crippen molar-refractivity contribution in [3.63, 3.8) is 0 Å². The van der Waals surface area contributed by atoms with Crippen LogP contribution in [0.5, 0.6) is 0 Å². The first-order chi connectivity index (χ1) is 8.99. The van der Waals surface area contributed by atoms with E-state index in [-0.39, 0.29) is 0 Å². The van der Waals surface area contributed by atoms with Crippen LogP contribution < -0.4 is 4.72 Å². The Kier molecular flexibility index (Phi) is 4.07. The van der Waals surface area contributed by atoms with E-state index in [4.69, 9.17) is 0 Å². The normalized spacial score (nSPS) is 11.7. The third kappa shape index (κ3) is 3.45. The minimum atomic E-state index is -3.40. The standard InChI is InChI=1S/C14H18N2O2S/c1-11-10-13(12(2)16-11)8-9-15-19(17,18)14-6-4-3-5-7-14/h3-7,10,15-16H,8-9H2,1-2H3. The molecule has 0 bridgehead atoms. The second kappa shape index (κ2) is 5.59. The zero-order chi connectivity index (χ0) is 13.9. The molecule has 0 aliphatic carbocycles. The highest BCUT2D eigenvalue weighted by atomic mass is 32.2. The van der Waals surface area contributed by atoms with Crippen LogP contribution in [0.1, 0.15) is 17.0 Å². The lowest BCUT2D eigenvalue weighted by Gasteiger charge is -2.06. The van der Waals surface area contributed by atoms with Gasteiger partial charge in [-0.15, -0.1) is 0 Å². The quantitative estimate of drug-likeness (QED) is 0.880. The molecule has 0 unspecified atom stereocenters. The summed E-state index contributed by atoms with van der Waals surface area (Å²) in [5, 5.41) is 0. The minimum absolute atomic E-state index is 0.303. The Labute approximate surface area is 113 Å². The SMILES string of the molecule is Cc1cc(CCNS(=O)(=O)c2ccccc2)c(C)[nH]1. The number of nitrogens with one attached hydrogen (secondary N) is 2. The van der Waals surface area contributed by atoms with E-state index in [1.165, 1.54) is 0 Å². The van der Waals surface area contributed by atoms with Crippen molar-refractivity contribution < 1.29 is 8.42 Å². The Morgan fingerprint density at radius 2 is 1.84 bits per heavy atom. The van der Waals surface area contributed by atoms with Crippen LogP contribution in [0.2, 0.25) is 0 Å². The largest absolute Gasteiger partial charge is 0.362 e. The molecule has 0 radical (unpaired) electrons. The van der Waals surface area contributed by atoms with Crippen LogP contribution in [0.3, 0.4) is 0 Å². The van der Waals surface area contributed by atoms with Crippen molar-refractivity contribution in [3.8, 4) is 0 Å². The highest BCUT2D eigenvalue weighted by Gasteiger charge is 2.12. The topological polar surface area (TPSA) is 62.0 Å². The molecule has 19 heavy (non-hydrogen) atoms. The molecule has 2 N–H and O–H groups in total. The Morgan fingerprint density at radius 1 is 1.16 bits per heavy atom. The number of aromatic nitrogens is 1. The predicted molar refractivity (Wildman–Crippen MR) is 75.6 cm³/mol. The highest BCUT2D eigenvalue weighted by molar-refractivity contribution is 7.89. The van der Waals surface area contributed by atoms with E-state index in [1.54, 1.807) is 30.3 Å². The summed E-state index contributed by atoms with van der Waals surface area (Å²) in [4.78, 5) is 3.51. The monoisotopic (exact) mass is 278 g/mol. The van der Waals surface area contributed by atoms with Gasteiger partial charge in [0.1, 0.15) is 0 Å². The number of benzene rings is 1. The molecule has 0 atom stereocenters. The minimum Gasteiger partial charge on any atom is -0.362 e. The summed E-state index contributed by atoms with van der Waals surface area (Å²) in [6, 6.07) is 10.5. The zero-order valence-corrected chi connectivity index (χ0v) is 11.9. The first kappa shape index (κ1) is 13.8. The first-order valence-electron chi connectivity index (χ1n) is 6.19. The molecule has 4 nitrogen and oxygen atoms in total. The van der Waals surface area contributed by atoms with Gasteiger partial charge in [-0.3, -0.25) is 0 Å². The van der Waals surface area contributed by atoms with E-state index < -0.39 is 10.0 Å². The lowest BCUT2D eigenvalue weighted by Crippen LogP contribution is -2.26. The number of rotatable bonds is 5. The fourth-order valence-electron chi connectivity index (χ4n) is 2.04. The summed E-state index contributed by atoms with van der Waals surface area (Å²) in [5.41, 5.74) is 3.34. The lowest BCUT2D eigenvalue weighted by atomic mass is 10.2. The van der Waals surface area contributed by atoms with Gasteiger partial charge in [0.15, 0.2) is 0 Å². The third-order valence-electron chi connectivity index (χ3n) is 3.00. The molecule has 0 fully saturated rings. The van der Waals surface area contributed by atoms with Gasteiger partial charge in [0.2, 0.25) is 10.0 Å². The van der Waals surface area contributed by atoms with Gasteiger partial charge in [-0.25, -0.2) is 13.1 Å². The van der Waals surface area contributed by atoms with Crippen LogP contribution >= 0.6 is 0 Å². The van der Waals surface area contributed by atoms with Gasteiger partial charge in [-0.1, -0.05) is 18.2 Å². The molecule has 102 valence electrons. The molecule has 0 amide bonds. The summed E-state index contributed by atoms with van der Waals surface area (Å²) in [5.74, 6) is 0. The van der Waals surface area contributed by atoms with Crippen LogP contribution in [0, 0.1) is 13.8 Å². The van der Waals surface area contributed by atoms with Crippen LogP contribution in [0.15, 0.2) is 41.3 Å². The molecule has 1 aromatic heterocycles. The van der Waals surface area contributed by atoms with Crippen LogP contribution in [-0.2, 0) is 16.4 Å². The summed E-state index contributed by atoms with van der Waals surface area (Å²) >= 11 is 0. The van der Waals surface area contributed by atoms with Crippen molar-refractivity contribution in [3.05, 3.63) is 53.3 Å². The van der Waals surface area contributed by atoms with Gasteiger partial charge in [0, 0.05) is 17.9 Å². The molecule has 5 heteroatoms. The second-order valence-corrected chi connectivity index (χ2v) is 6.33. The van der Waals surface area contributed by atoms with Crippen LogP contribution in [-0.4, -0.2) is 19.9 Å². The van der Waals surface area contributed by atoms with Crippen LogP contribution in [0.25, 0.3) is 0 Å². The number of hydrogen-bond donors (Lipinski definition) is 2. The molecule has 0 aliphatic rings. The van der Waals surface area contributed by atoms with Gasteiger partial charge in [0.25, 0.3) is 0 Å². The predicted octanol–water partition coefficient (Wildman–Crippen LogP) is 2.15. The van der Waals surface area contributed by atoms with E-state index in [0.717, 1.165) is 17.0 Å². The average Bonchev–Trinajstić information content (AvgIpc) is 2.69. The first-order valence-corrected chi connectivity index (χ1v) is 7.67. The molecular formula is C14H18N2O2S. The molecular weight excluding hydrogens is 260 g/mol. The molecule has 1 aromatic carbocycles. The maximum Gasteiger partial charge on any atom is 0.240 e.